The number of carbonyl (C=O) groups is 1. The van der Waals surface area contributed by atoms with Crippen LogP contribution in [0, 0.1) is 5.41 Å². The average Bonchev–Trinajstić information content (AvgIpc) is 3.20. The highest BCUT2D eigenvalue weighted by molar-refractivity contribution is 6.45. The van der Waals surface area contributed by atoms with Gasteiger partial charge in [0.15, 0.2) is 0 Å². The molecule has 2 aliphatic heterocycles. The maximum absolute atomic E-state index is 13.8. The number of anilines is 1. The number of aromatic nitrogens is 2. The first-order valence-electron chi connectivity index (χ1n) is 12.3. The predicted octanol–water partition coefficient (Wildman–Crippen LogP) is 7.71. The van der Waals surface area contributed by atoms with Crippen LogP contribution in [0.1, 0.15) is 42.2 Å². The zero-order valence-electron chi connectivity index (χ0n) is 20.7. The lowest BCUT2D eigenvalue weighted by atomic mass is 9.83. The van der Waals surface area contributed by atoms with Crippen molar-refractivity contribution in [2.24, 2.45) is 5.41 Å². The van der Waals surface area contributed by atoms with Crippen molar-refractivity contribution in [2.75, 3.05) is 24.6 Å². The zero-order valence-corrected chi connectivity index (χ0v) is 23.7. The molecule has 38 heavy (non-hydrogen) atoms. The van der Waals surface area contributed by atoms with Gasteiger partial charge in [-0.25, -0.2) is 4.52 Å². The smallest absolute Gasteiger partial charge is 0.255 e. The number of halogens is 4. The Kier molecular flexibility index (Phi) is 6.42. The highest BCUT2D eigenvalue weighted by atomic mass is 35.5. The Morgan fingerprint density at radius 1 is 1.08 bits per heavy atom. The molecule has 0 unspecified atom stereocenters. The molecule has 1 N–H and O–H groups in total. The largest absolute Gasteiger partial charge is 0.493 e. The summed E-state index contributed by atoms with van der Waals surface area (Å²) in [6.07, 6.45) is 2.27. The molecule has 1 fully saturated rings. The van der Waals surface area contributed by atoms with Crippen molar-refractivity contribution in [3.8, 4) is 17.0 Å². The van der Waals surface area contributed by atoms with Crippen LogP contribution >= 0.6 is 46.4 Å². The number of nitrogens with zero attached hydrogens (tertiary/aromatic N) is 3. The first-order valence-corrected chi connectivity index (χ1v) is 13.8. The van der Waals surface area contributed by atoms with Crippen LogP contribution in [0.4, 0.5) is 5.69 Å². The second kappa shape index (κ2) is 9.53. The number of benzene rings is 2. The van der Waals surface area contributed by atoms with Crippen LogP contribution in [0.5, 0.6) is 5.75 Å². The Labute approximate surface area is 240 Å². The molecule has 0 saturated carbocycles. The second-order valence-corrected chi connectivity index (χ2v) is 12.1. The van der Waals surface area contributed by atoms with Crippen molar-refractivity contribution in [1.82, 2.24) is 14.9 Å². The maximum atomic E-state index is 13.8. The van der Waals surface area contributed by atoms with E-state index in [4.69, 9.17) is 51.1 Å². The van der Waals surface area contributed by atoms with E-state index in [2.05, 4.69) is 29.2 Å². The lowest BCUT2D eigenvalue weighted by molar-refractivity contribution is 0.0924. The number of fused-ring (bicyclic) bond motifs is 2. The van der Waals surface area contributed by atoms with Gasteiger partial charge in [-0.05, 0) is 29.7 Å². The monoisotopic (exact) mass is 588 g/mol. The molecule has 6 rings (SSSR count). The van der Waals surface area contributed by atoms with E-state index in [1.54, 1.807) is 22.8 Å². The van der Waals surface area contributed by atoms with Crippen LogP contribution in [0.15, 0.2) is 48.7 Å². The van der Waals surface area contributed by atoms with Crippen molar-refractivity contribution < 1.29 is 9.53 Å². The van der Waals surface area contributed by atoms with Gasteiger partial charge in [0, 0.05) is 35.7 Å². The molecule has 0 aliphatic carbocycles. The lowest BCUT2D eigenvalue weighted by Crippen LogP contribution is -2.53. The molecule has 1 amide bonds. The number of ether oxygens (including phenoxy) is 1. The Morgan fingerprint density at radius 2 is 1.84 bits per heavy atom. The first kappa shape index (κ1) is 25.6. The molecule has 2 aromatic carbocycles. The third-order valence-electron chi connectivity index (χ3n) is 7.04. The van der Waals surface area contributed by atoms with E-state index in [9.17, 15) is 4.79 Å². The van der Waals surface area contributed by atoms with Gasteiger partial charge in [0.05, 0.1) is 56.4 Å². The van der Waals surface area contributed by atoms with Crippen molar-refractivity contribution in [3.05, 3.63) is 79.9 Å². The Bertz CT molecular complexity index is 1590. The van der Waals surface area contributed by atoms with Gasteiger partial charge in [0.1, 0.15) is 5.75 Å². The van der Waals surface area contributed by atoms with Crippen LogP contribution in [-0.2, 0) is 0 Å². The molecule has 10 heteroatoms. The molecule has 4 heterocycles. The predicted molar refractivity (Wildman–Crippen MR) is 153 cm³/mol. The molecule has 0 radical (unpaired) electrons. The zero-order chi connectivity index (χ0) is 26.8. The summed E-state index contributed by atoms with van der Waals surface area (Å²) < 4.78 is 7.48. The summed E-state index contributed by atoms with van der Waals surface area (Å²) in [6, 6.07) is 12.7. The van der Waals surface area contributed by atoms with Crippen molar-refractivity contribution in [1.29, 1.82) is 0 Å². The molecule has 4 aromatic rings. The molecule has 0 spiro atoms. The summed E-state index contributed by atoms with van der Waals surface area (Å²) in [5.41, 5.74) is 4.16. The minimum absolute atomic E-state index is 0.122. The Balaban J connectivity index is 1.47. The standard InChI is InChI=1S/C28H24Cl4N4O2/c1-28(2)13-35(14-28)26-18(27(37)34-21-7-8-38-23-6-4-3-5-16(21)23)12-33-36-22(26)11-20(31)25(36)17-9-15(29)10-19(30)24(17)32/h3-6,9-12,21H,7-8,13-14H2,1-2H3,(H,34,37)/t21-/m0/s1. The van der Waals surface area contributed by atoms with Crippen molar-refractivity contribution in [3.63, 3.8) is 0 Å². The SMILES string of the molecule is CC1(C)CN(c2c(C(=O)N[C@H]3CCOc4ccccc43)cnn3c(-c4cc(Cl)cc(Cl)c4Cl)c(Cl)cc23)C1. The van der Waals surface area contributed by atoms with E-state index < -0.39 is 0 Å². The normalized spacial score (nSPS) is 18.1. The Hall–Kier alpha value is -2.64. The molecule has 6 nitrogen and oxygen atoms in total. The van der Waals surface area contributed by atoms with Gasteiger partial charge in [-0.15, -0.1) is 0 Å². The van der Waals surface area contributed by atoms with Gasteiger partial charge in [-0.2, -0.15) is 5.10 Å². The van der Waals surface area contributed by atoms with Gasteiger partial charge < -0.3 is 15.0 Å². The van der Waals surface area contributed by atoms with E-state index in [1.165, 1.54) is 0 Å². The molecule has 0 bridgehead atoms. The number of hydrogen-bond donors (Lipinski definition) is 1. The van der Waals surface area contributed by atoms with Gasteiger partial charge in [-0.1, -0.05) is 78.5 Å². The van der Waals surface area contributed by atoms with E-state index in [0.29, 0.717) is 55.5 Å². The van der Waals surface area contributed by atoms with E-state index in [0.717, 1.165) is 30.1 Å². The number of para-hydroxylation sites is 1. The van der Waals surface area contributed by atoms with E-state index >= 15 is 0 Å². The number of hydrogen-bond acceptors (Lipinski definition) is 4. The maximum Gasteiger partial charge on any atom is 0.255 e. The summed E-state index contributed by atoms with van der Waals surface area (Å²) in [5.74, 6) is 0.589. The number of carbonyl (C=O) groups excluding carboxylic acids is 1. The van der Waals surface area contributed by atoms with Gasteiger partial charge in [0.2, 0.25) is 0 Å². The highest BCUT2D eigenvalue weighted by Crippen LogP contribution is 2.44. The third-order valence-corrected chi connectivity index (χ3v) is 8.35. The van der Waals surface area contributed by atoms with E-state index in [1.807, 2.05) is 30.3 Å². The number of nitrogens with one attached hydrogen (secondary N) is 1. The van der Waals surface area contributed by atoms with Crippen LogP contribution in [0.3, 0.4) is 0 Å². The minimum atomic E-state index is -0.205. The Morgan fingerprint density at radius 3 is 2.61 bits per heavy atom. The van der Waals surface area contributed by atoms with Crippen LogP contribution in [0.2, 0.25) is 20.1 Å². The van der Waals surface area contributed by atoms with Crippen molar-refractivity contribution in [2.45, 2.75) is 26.3 Å². The summed E-state index contributed by atoms with van der Waals surface area (Å²) in [5, 5.41) is 9.36. The summed E-state index contributed by atoms with van der Waals surface area (Å²) in [6.45, 7) is 6.51. The first-order chi connectivity index (χ1) is 18.1. The van der Waals surface area contributed by atoms with Gasteiger partial charge >= 0.3 is 0 Å². The van der Waals surface area contributed by atoms with Gasteiger partial charge in [-0.3, -0.25) is 4.79 Å². The second-order valence-electron chi connectivity index (χ2n) is 10.5. The van der Waals surface area contributed by atoms with Crippen LogP contribution in [-0.4, -0.2) is 35.2 Å². The topological polar surface area (TPSA) is 58.9 Å². The molecular formula is C28H24Cl4N4O2. The highest BCUT2D eigenvalue weighted by Gasteiger charge is 2.38. The molecule has 2 aliphatic rings. The third kappa shape index (κ3) is 4.37. The minimum Gasteiger partial charge on any atom is -0.493 e. The molecular weight excluding hydrogens is 566 g/mol. The quantitative estimate of drug-likeness (QED) is 0.248. The molecule has 196 valence electrons. The average molecular weight is 590 g/mol. The van der Waals surface area contributed by atoms with Crippen LogP contribution < -0.4 is 15.0 Å². The van der Waals surface area contributed by atoms with Gasteiger partial charge in [0.25, 0.3) is 5.91 Å². The lowest BCUT2D eigenvalue weighted by Gasteiger charge is -2.48. The fourth-order valence-electron chi connectivity index (χ4n) is 5.42. The summed E-state index contributed by atoms with van der Waals surface area (Å²) in [4.78, 5) is 16.0. The fourth-order valence-corrected chi connectivity index (χ4v) is 6.39. The van der Waals surface area contributed by atoms with Crippen molar-refractivity contribution >= 4 is 63.5 Å². The molecule has 1 atom stereocenters. The van der Waals surface area contributed by atoms with E-state index in [-0.39, 0.29) is 17.4 Å². The molecule has 1 saturated heterocycles. The molecule has 2 aromatic heterocycles. The number of rotatable bonds is 4. The fraction of sp³-hybridized carbons (Fsp3) is 0.286. The number of amides is 1. The summed E-state index contributed by atoms with van der Waals surface area (Å²) >= 11 is 26.0. The summed E-state index contributed by atoms with van der Waals surface area (Å²) in [7, 11) is 0. The van der Waals surface area contributed by atoms with Crippen LogP contribution in [0.25, 0.3) is 16.8 Å².